The number of aliphatic imine (C=N–C) groups is 1. The lowest BCUT2D eigenvalue weighted by Gasteiger charge is -2.17. The Labute approximate surface area is 163 Å². The smallest absolute Gasteiger partial charge is 0.191 e. The summed E-state index contributed by atoms with van der Waals surface area (Å²) >= 11 is 0. The molecule has 1 fully saturated rings. The summed E-state index contributed by atoms with van der Waals surface area (Å²) in [6, 6.07) is 7.44. The van der Waals surface area contributed by atoms with Crippen LogP contribution in [0.1, 0.15) is 57.1 Å². The SMILES string of the molecule is CCNC(=NCC(O)c1cccc(OC)c1)NCCOC1CCCCCC1. The Bertz CT molecular complexity index is 557. The number of ether oxygens (including phenoxy) is 2. The zero-order chi connectivity index (χ0) is 19.3. The predicted molar refractivity (Wildman–Crippen MR) is 109 cm³/mol. The molecule has 0 aromatic heterocycles. The Morgan fingerprint density at radius 3 is 2.70 bits per heavy atom. The van der Waals surface area contributed by atoms with Crippen LogP contribution in [0.4, 0.5) is 0 Å². The van der Waals surface area contributed by atoms with Gasteiger partial charge in [0.1, 0.15) is 5.75 Å². The van der Waals surface area contributed by atoms with Crippen LogP contribution >= 0.6 is 0 Å². The molecule has 27 heavy (non-hydrogen) atoms. The van der Waals surface area contributed by atoms with E-state index in [9.17, 15) is 5.11 Å². The van der Waals surface area contributed by atoms with Crippen LogP contribution in [-0.4, -0.2) is 50.5 Å². The maximum Gasteiger partial charge on any atom is 0.191 e. The molecule has 1 unspecified atom stereocenters. The van der Waals surface area contributed by atoms with Crippen molar-refractivity contribution in [1.82, 2.24) is 10.6 Å². The van der Waals surface area contributed by atoms with Crippen molar-refractivity contribution in [3.63, 3.8) is 0 Å². The van der Waals surface area contributed by atoms with E-state index in [1.807, 2.05) is 31.2 Å². The molecule has 1 atom stereocenters. The number of methoxy groups -OCH3 is 1. The third-order valence-corrected chi connectivity index (χ3v) is 4.80. The summed E-state index contributed by atoms with van der Waals surface area (Å²) in [5, 5.41) is 16.9. The summed E-state index contributed by atoms with van der Waals surface area (Å²) in [6.45, 7) is 4.46. The van der Waals surface area contributed by atoms with E-state index in [1.165, 1.54) is 38.5 Å². The number of guanidine groups is 1. The highest BCUT2D eigenvalue weighted by molar-refractivity contribution is 5.79. The van der Waals surface area contributed by atoms with Crippen molar-refractivity contribution in [2.45, 2.75) is 57.7 Å². The van der Waals surface area contributed by atoms with E-state index < -0.39 is 6.10 Å². The Hall–Kier alpha value is -1.79. The molecule has 0 radical (unpaired) electrons. The first kappa shape index (κ1) is 21.5. The predicted octanol–water partition coefficient (Wildman–Crippen LogP) is 3.02. The lowest BCUT2D eigenvalue weighted by atomic mass is 10.1. The van der Waals surface area contributed by atoms with Crippen molar-refractivity contribution in [2.75, 3.05) is 33.4 Å². The summed E-state index contributed by atoms with van der Waals surface area (Å²) < 4.78 is 11.2. The van der Waals surface area contributed by atoms with Gasteiger partial charge in [-0.2, -0.15) is 0 Å². The molecule has 152 valence electrons. The standard InChI is InChI=1S/C21H35N3O3/c1-3-22-21(23-13-14-27-18-10-6-4-5-7-11-18)24-16-20(25)17-9-8-12-19(15-17)26-2/h8-9,12,15,18,20,25H,3-7,10-11,13-14,16H2,1-2H3,(H2,22,23,24). The fourth-order valence-corrected chi connectivity index (χ4v) is 3.28. The maximum absolute atomic E-state index is 10.4. The summed E-state index contributed by atoms with van der Waals surface area (Å²) in [7, 11) is 1.62. The number of aliphatic hydroxyl groups excluding tert-OH is 1. The zero-order valence-electron chi connectivity index (χ0n) is 16.7. The molecule has 0 spiro atoms. The van der Waals surface area contributed by atoms with Gasteiger partial charge in [0.2, 0.25) is 0 Å². The molecule has 0 heterocycles. The molecule has 1 saturated carbocycles. The second-order valence-electron chi connectivity index (χ2n) is 6.92. The van der Waals surface area contributed by atoms with E-state index in [1.54, 1.807) is 7.11 Å². The minimum atomic E-state index is -0.669. The summed E-state index contributed by atoms with van der Waals surface area (Å²) in [4.78, 5) is 4.49. The van der Waals surface area contributed by atoms with E-state index in [0.29, 0.717) is 25.2 Å². The van der Waals surface area contributed by atoms with Gasteiger partial charge in [-0.1, -0.05) is 37.8 Å². The fourth-order valence-electron chi connectivity index (χ4n) is 3.28. The van der Waals surface area contributed by atoms with Crippen LogP contribution in [0.25, 0.3) is 0 Å². The molecular weight excluding hydrogens is 342 g/mol. The van der Waals surface area contributed by atoms with E-state index in [4.69, 9.17) is 9.47 Å². The molecule has 3 N–H and O–H groups in total. The fraction of sp³-hybridized carbons (Fsp3) is 0.667. The van der Waals surface area contributed by atoms with Crippen LogP contribution in [0.3, 0.4) is 0 Å². The second-order valence-corrected chi connectivity index (χ2v) is 6.92. The van der Waals surface area contributed by atoms with Crippen LogP contribution < -0.4 is 15.4 Å². The molecule has 0 saturated heterocycles. The molecule has 0 bridgehead atoms. The molecule has 1 aliphatic rings. The van der Waals surface area contributed by atoms with Gasteiger partial charge < -0.3 is 25.2 Å². The van der Waals surface area contributed by atoms with Gasteiger partial charge >= 0.3 is 0 Å². The van der Waals surface area contributed by atoms with Crippen LogP contribution in [0.2, 0.25) is 0 Å². The van der Waals surface area contributed by atoms with Crippen molar-refractivity contribution in [2.24, 2.45) is 4.99 Å². The first-order valence-corrected chi connectivity index (χ1v) is 10.2. The Morgan fingerprint density at radius 2 is 2.00 bits per heavy atom. The zero-order valence-corrected chi connectivity index (χ0v) is 16.7. The van der Waals surface area contributed by atoms with E-state index >= 15 is 0 Å². The lowest BCUT2D eigenvalue weighted by molar-refractivity contribution is 0.0468. The highest BCUT2D eigenvalue weighted by atomic mass is 16.5. The molecule has 0 aliphatic heterocycles. The van der Waals surface area contributed by atoms with Gasteiger partial charge in [0.25, 0.3) is 0 Å². The molecule has 2 rings (SSSR count). The van der Waals surface area contributed by atoms with Crippen LogP contribution in [0.15, 0.2) is 29.3 Å². The van der Waals surface area contributed by atoms with Crippen LogP contribution in [0, 0.1) is 0 Å². The summed E-state index contributed by atoms with van der Waals surface area (Å²) in [6.07, 6.45) is 7.34. The van der Waals surface area contributed by atoms with Crippen LogP contribution in [-0.2, 0) is 4.74 Å². The van der Waals surface area contributed by atoms with Crippen LogP contribution in [0.5, 0.6) is 5.75 Å². The van der Waals surface area contributed by atoms with Gasteiger partial charge in [-0.05, 0) is 37.5 Å². The maximum atomic E-state index is 10.4. The first-order valence-electron chi connectivity index (χ1n) is 10.2. The van der Waals surface area contributed by atoms with E-state index in [-0.39, 0.29) is 6.54 Å². The van der Waals surface area contributed by atoms with E-state index in [2.05, 4.69) is 15.6 Å². The Kier molecular flexibility index (Phi) is 10.0. The first-order chi connectivity index (χ1) is 13.2. The van der Waals surface area contributed by atoms with Gasteiger partial charge in [0, 0.05) is 13.1 Å². The molecule has 1 aromatic rings. The Morgan fingerprint density at radius 1 is 1.22 bits per heavy atom. The van der Waals surface area contributed by atoms with Crippen molar-refractivity contribution < 1.29 is 14.6 Å². The average molecular weight is 378 g/mol. The molecule has 6 nitrogen and oxygen atoms in total. The number of hydrogen-bond acceptors (Lipinski definition) is 4. The largest absolute Gasteiger partial charge is 0.497 e. The minimum absolute atomic E-state index is 0.284. The number of benzene rings is 1. The van der Waals surface area contributed by atoms with Gasteiger partial charge in [-0.3, -0.25) is 4.99 Å². The quantitative estimate of drug-likeness (QED) is 0.267. The van der Waals surface area contributed by atoms with Crippen molar-refractivity contribution in [3.05, 3.63) is 29.8 Å². The topological polar surface area (TPSA) is 75.1 Å². The highest BCUT2D eigenvalue weighted by Gasteiger charge is 2.12. The molecule has 1 aliphatic carbocycles. The normalized spacial score (nSPS) is 17.2. The van der Waals surface area contributed by atoms with Gasteiger partial charge in [-0.15, -0.1) is 0 Å². The molecule has 1 aromatic carbocycles. The second kappa shape index (κ2) is 12.6. The summed E-state index contributed by atoms with van der Waals surface area (Å²) in [5.41, 5.74) is 0.797. The number of rotatable bonds is 9. The van der Waals surface area contributed by atoms with Crippen molar-refractivity contribution in [1.29, 1.82) is 0 Å². The summed E-state index contributed by atoms with van der Waals surface area (Å²) in [5.74, 6) is 1.43. The minimum Gasteiger partial charge on any atom is -0.497 e. The number of aliphatic hydroxyl groups is 1. The number of nitrogens with one attached hydrogen (secondary N) is 2. The molecule has 0 amide bonds. The molecular formula is C21H35N3O3. The number of hydrogen-bond donors (Lipinski definition) is 3. The van der Waals surface area contributed by atoms with Crippen molar-refractivity contribution in [3.8, 4) is 5.75 Å². The van der Waals surface area contributed by atoms with Gasteiger partial charge in [-0.25, -0.2) is 0 Å². The third-order valence-electron chi connectivity index (χ3n) is 4.80. The van der Waals surface area contributed by atoms with Gasteiger partial charge in [0.05, 0.1) is 32.5 Å². The monoisotopic (exact) mass is 377 g/mol. The molecule has 6 heteroatoms. The average Bonchev–Trinajstić information content (AvgIpc) is 2.98. The van der Waals surface area contributed by atoms with Crippen molar-refractivity contribution >= 4 is 5.96 Å². The number of nitrogens with zero attached hydrogens (tertiary/aromatic N) is 1. The van der Waals surface area contributed by atoms with Gasteiger partial charge in [0.15, 0.2) is 5.96 Å². The Balaban J connectivity index is 1.76. The lowest BCUT2D eigenvalue weighted by Crippen LogP contribution is -2.39. The van der Waals surface area contributed by atoms with E-state index in [0.717, 1.165) is 17.9 Å². The highest BCUT2D eigenvalue weighted by Crippen LogP contribution is 2.20. The third kappa shape index (κ3) is 8.18.